The van der Waals surface area contributed by atoms with Crippen molar-refractivity contribution in [3.8, 4) is 0 Å². The molecule has 0 radical (unpaired) electrons. The van der Waals surface area contributed by atoms with Crippen molar-refractivity contribution >= 4 is 33.5 Å². The fraction of sp³-hybridized carbons (Fsp3) is 0. The number of aromatic amines is 1. The summed E-state index contributed by atoms with van der Waals surface area (Å²) in [7, 11) is 0. The zero-order valence-electron chi connectivity index (χ0n) is 7.98. The first-order valence-electron chi connectivity index (χ1n) is 4.30. The number of nitrogen functional groups attached to an aromatic ring is 1. The molecule has 82 valence electrons. The largest absolute Gasteiger partial charge is 0.383 e. The molecule has 0 aliphatic heterocycles. The number of aromatic nitrogens is 3. The molecule has 0 aliphatic rings. The third-order valence-electron chi connectivity index (χ3n) is 1.66. The highest BCUT2D eigenvalue weighted by Crippen LogP contribution is 2.28. The molecule has 2 aromatic rings. The van der Waals surface area contributed by atoms with E-state index in [1.165, 1.54) is 17.8 Å². The predicted molar refractivity (Wildman–Crippen MR) is 65.3 cm³/mol. The molecule has 0 spiro atoms. The molecule has 16 heavy (non-hydrogen) atoms. The monoisotopic (exact) mass is 298 g/mol. The van der Waals surface area contributed by atoms with Crippen LogP contribution < -0.4 is 11.3 Å². The molecule has 7 heteroatoms. The van der Waals surface area contributed by atoms with E-state index in [0.717, 1.165) is 9.50 Å². The van der Waals surface area contributed by atoms with Crippen LogP contribution in [0.5, 0.6) is 0 Å². The molecule has 0 fully saturated rings. The normalized spacial score (nSPS) is 10.3. The molecular weight excluding hydrogens is 292 g/mol. The number of H-pyrrole nitrogens is 1. The highest BCUT2D eigenvalue weighted by Gasteiger charge is 2.05. The number of hydrogen-bond donors (Lipinski definition) is 2. The molecular formula is C9H7BrN4OS. The molecule has 0 atom stereocenters. The fourth-order valence-electron chi connectivity index (χ4n) is 1.04. The van der Waals surface area contributed by atoms with Crippen LogP contribution in [0.15, 0.2) is 43.8 Å². The molecule has 0 bridgehead atoms. The second kappa shape index (κ2) is 4.67. The number of hydrogen-bond acceptors (Lipinski definition) is 5. The fourth-order valence-corrected chi connectivity index (χ4v) is 2.30. The Hall–Kier alpha value is -1.34. The lowest BCUT2D eigenvalue weighted by Gasteiger charge is -2.02. The zero-order valence-corrected chi connectivity index (χ0v) is 10.4. The minimum Gasteiger partial charge on any atom is -0.383 e. The van der Waals surface area contributed by atoms with E-state index in [2.05, 4.69) is 30.9 Å². The van der Waals surface area contributed by atoms with E-state index in [1.807, 2.05) is 12.1 Å². The average Bonchev–Trinajstić information content (AvgIpc) is 2.20. The van der Waals surface area contributed by atoms with E-state index >= 15 is 0 Å². The number of nitrogens with one attached hydrogen (secondary N) is 1. The molecule has 0 saturated heterocycles. The van der Waals surface area contributed by atoms with Crippen LogP contribution in [-0.4, -0.2) is 15.0 Å². The van der Waals surface area contributed by atoms with Crippen LogP contribution in [-0.2, 0) is 0 Å². The summed E-state index contributed by atoms with van der Waals surface area (Å²) in [5, 5.41) is 1.14. The summed E-state index contributed by atoms with van der Waals surface area (Å²) in [5.41, 5.74) is 5.20. The highest BCUT2D eigenvalue weighted by atomic mass is 79.9. The molecule has 3 N–H and O–H groups in total. The van der Waals surface area contributed by atoms with Crippen molar-refractivity contribution in [1.82, 2.24) is 15.0 Å². The molecule has 0 amide bonds. The van der Waals surface area contributed by atoms with Gasteiger partial charge in [0.1, 0.15) is 10.8 Å². The number of nitrogens with zero attached hydrogens (tertiary/aromatic N) is 2. The van der Waals surface area contributed by atoms with E-state index in [4.69, 9.17) is 5.73 Å². The van der Waals surface area contributed by atoms with E-state index in [0.29, 0.717) is 5.16 Å². The Balaban J connectivity index is 2.34. The van der Waals surface area contributed by atoms with Gasteiger partial charge in [-0.2, -0.15) is 0 Å². The van der Waals surface area contributed by atoms with E-state index in [9.17, 15) is 4.79 Å². The van der Waals surface area contributed by atoms with Gasteiger partial charge < -0.3 is 10.7 Å². The number of rotatable bonds is 2. The Bertz CT molecular complexity index is 571. The Morgan fingerprint density at radius 2 is 2.31 bits per heavy atom. The van der Waals surface area contributed by atoms with Gasteiger partial charge in [0.15, 0.2) is 5.16 Å². The lowest BCUT2D eigenvalue weighted by molar-refractivity contribution is 0.939. The van der Waals surface area contributed by atoms with Gasteiger partial charge >= 0.3 is 0 Å². The van der Waals surface area contributed by atoms with Crippen LogP contribution in [0.1, 0.15) is 0 Å². The summed E-state index contributed by atoms with van der Waals surface area (Å²) in [6.07, 6.45) is 1.66. The first-order valence-corrected chi connectivity index (χ1v) is 5.91. The van der Waals surface area contributed by atoms with Crippen molar-refractivity contribution in [1.29, 1.82) is 0 Å². The van der Waals surface area contributed by atoms with Gasteiger partial charge in [-0.25, -0.2) is 9.97 Å². The Morgan fingerprint density at radius 3 is 3.00 bits per heavy atom. The Kier molecular flexibility index (Phi) is 3.25. The van der Waals surface area contributed by atoms with Crippen molar-refractivity contribution in [2.45, 2.75) is 10.2 Å². The van der Waals surface area contributed by atoms with E-state index < -0.39 is 0 Å². The molecule has 0 aliphatic carbocycles. The van der Waals surface area contributed by atoms with Crippen molar-refractivity contribution in [2.24, 2.45) is 0 Å². The maximum atomic E-state index is 11.2. The van der Waals surface area contributed by atoms with Crippen LogP contribution >= 0.6 is 27.7 Å². The van der Waals surface area contributed by atoms with E-state index in [1.54, 1.807) is 6.20 Å². The molecule has 5 nitrogen and oxygen atoms in total. The minimum absolute atomic E-state index is 0.193. The Labute approximate surface area is 104 Å². The lowest BCUT2D eigenvalue weighted by Crippen LogP contribution is -2.09. The molecule has 2 rings (SSSR count). The number of nitrogens with two attached hydrogens (primary N) is 1. The maximum absolute atomic E-state index is 11.2. The van der Waals surface area contributed by atoms with Crippen molar-refractivity contribution in [3.63, 3.8) is 0 Å². The van der Waals surface area contributed by atoms with Gasteiger partial charge in [0.25, 0.3) is 5.56 Å². The smallest absolute Gasteiger partial charge is 0.253 e. The van der Waals surface area contributed by atoms with Gasteiger partial charge in [-0.15, -0.1) is 0 Å². The van der Waals surface area contributed by atoms with Crippen molar-refractivity contribution in [3.05, 3.63) is 39.2 Å². The first kappa shape index (κ1) is 11.2. The van der Waals surface area contributed by atoms with Gasteiger partial charge in [0.05, 0.1) is 4.47 Å². The summed E-state index contributed by atoms with van der Waals surface area (Å²) >= 11 is 4.59. The van der Waals surface area contributed by atoms with E-state index in [-0.39, 0.29) is 11.4 Å². The third-order valence-corrected chi connectivity index (χ3v) is 3.47. The first-order chi connectivity index (χ1) is 7.65. The third kappa shape index (κ3) is 2.61. The second-order valence-electron chi connectivity index (χ2n) is 2.87. The summed E-state index contributed by atoms with van der Waals surface area (Å²) in [6.45, 7) is 0. The maximum Gasteiger partial charge on any atom is 0.253 e. The average molecular weight is 299 g/mol. The summed E-state index contributed by atoms with van der Waals surface area (Å²) in [5.74, 6) is 0.193. The van der Waals surface area contributed by atoms with Gasteiger partial charge in [-0.3, -0.25) is 4.79 Å². The van der Waals surface area contributed by atoms with Crippen LogP contribution in [0.3, 0.4) is 0 Å². The topological polar surface area (TPSA) is 84.7 Å². The lowest BCUT2D eigenvalue weighted by atomic mass is 10.5. The summed E-state index contributed by atoms with van der Waals surface area (Å²) in [6, 6.07) is 4.90. The zero-order chi connectivity index (χ0) is 11.5. The molecule has 0 aromatic carbocycles. The standard InChI is InChI=1S/C9H7BrN4OS/c10-5-2-1-3-12-8(5)16-9-13-6(11)4-7(15)14-9/h1-4H,(H3,11,13,14,15). The second-order valence-corrected chi connectivity index (χ2v) is 4.70. The van der Waals surface area contributed by atoms with Gasteiger partial charge in [0, 0.05) is 12.3 Å². The number of anilines is 1. The van der Waals surface area contributed by atoms with Crippen LogP contribution in [0.25, 0.3) is 0 Å². The Morgan fingerprint density at radius 1 is 1.50 bits per heavy atom. The molecule has 0 saturated carbocycles. The highest BCUT2D eigenvalue weighted by molar-refractivity contribution is 9.10. The van der Waals surface area contributed by atoms with Gasteiger partial charge in [-0.1, -0.05) is 0 Å². The summed E-state index contributed by atoms with van der Waals surface area (Å²) < 4.78 is 0.838. The van der Waals surface area contributed by atoms with Crippen molar-refractivity contribution in [2.75, 3.05) is 5.73 Å². The number of pyridine rings is 1. The number of halogens is 1. The molecule has 2 aromatic heterocycles. The molecule has 2 heterocycles. The van der Waals surface area contributed by atoms with Crippen LogP contribution in [0.2, 0.25) is 0 Å². The quantitative estimate of drug-likeness (QED) is 0.824. The predicted octanol–water partition coefficient (Wildman–Crippen LogP) is 1.66. The molecule has 0 unspecified atom stereocenters. The minimum atomic E-state index is -0.276. The van der Waals surface area contributed by atoms with Crippen LogP contribution in [0, 0.1) is 0 Å². The van der Waals surface area contributed by atoms with Crippen molar-refractivity contribution < 1.29 is 0 Å². The van der Waals surface area contributed by atoms with Gasteiger partial charge in [-0.05, 0) is 39.8 Å². The summed E-state index contributed by atoms with van der Waals surface area (Å²) in [4.78, 5) is 21.9. The van der Waals surface area contributed by atoms with Gasteiger partial charge in [0.2, 0.25) is 0 Å². The van der Waals surface area contributed by atoms with Crippen LogP contribution in [0.4, 0.5) is 5.82 Å². The SMILES string of the molecule is Nc1cc(=O)[nH]c(Sc2ncccc2Br)n1.